The largest absolute Gasteiger partial charge is 0.383 e. The Balaban J connectivity index is 1.61. The predicted octanol–water partition coefficient (Wildman–Crippen LogP) is 2.18. The second-order valence-electron chi connectivity index (χ2n) is 5.66. The van der Waals surface area contributed by atoms with Crippen LogP contribution in [-0.4, -0.2) is 37.8 Å². The normalized spacial score (nSPS) is 25.5. The van der Waals surface area contributed by atoms with Gasteiger partial charge in [-0.05, 0) is 32.1 Å². The zero-order valence-electron chi connectivity index (χ0n) is 11.8. The van der Waals surface area contributed by atoms with Gasteiger partial charge < -0.3 is 15.0 Å². The number of nitrogens with one attached hydrogen (secondary N) is 1. The number of ether oxygens (including phenoxy) is 1. The number of thiazole rings is 1. The molecule has 2 aliphatic rings. The van der Waals surface area contributed by atoms with E-state index in [4.69, 9.17) is 9.72 Å². The molecule has 1 aromatic heterocycles. The molecule has 1 saturated heterocycles. The zero-order valence-corrected chi connectivity index (χ0v) is 12.6. The number of methoxy groups -OCH3 is 1. The van der Waals surface area contributed by atoms with Gasteiger partial charge in [0.1, 0.15) is 0 Å². The second-order valence-corrected chi connectivity index (χ2v) is 6.72. The minimum Gasteiger partial charge on any atom is -0.383 e. The van der Waals surface area contributed by atoms with Gasteiger partial charge in [0.15, 0.2) is 5.13 Å². The van der Waals surface area contributed by atoms with Crippen LogP contribution in [0.1, 0.15) is 29.8 Å². The van der Waals surface area contributed by atoms with Crippen molar-refractivity contribution < 1.29 is 4.74 Å². The van der Waals surface area contributed by atoms with Gasteiger partial charge >= 0.3 is 0 Å². The number of hydrogen-bond donors (Lipinski definition) is 1. The molecule has 1 aromatic rings. The first kappa shape index (κ1) is 13.3. The quantitative estimate of drug-likeness (QED) is 0.811. The van der Waals surface area contributed by atoms with Crippen LogP contribution in [0.3, 0.4) is 0 Å². The van der Waals surface area contributed by atoms with Crippen LogP contribution in [0.15, 0.2) is 0 Å². The Kier molecular flexibility index (Phi) is 4.05. The number of nitrogens with zero attached hydrogens (tertiary/aromatic N) is 2. The molecule has 106 valence electrons. The molecular weight excluding hydrogens is 258 g/mol. The molecule has 3 rings (SSSR count). The van der Waals surface area contributed by atoms with E-state index in [-0.39, 0.29) is 0 Å². The van der Waals surface area contributed by atoms with E-state index in [9.17, 15) is 0 Å². The highest BCUT2D eigenvalue weighted by Crippen LogP contribution is 2.41. The smallest absolute Gasteiger partial charge is 0.186 e. The molecule has 0 radical (unpaired) electrons. The molecule has 19 heavy (non-hydrogen) atoms. The summed E-state index contributed by atoms with van der Waals surface area (Å²) in [4.78, 5) is 8.70. The van der Waals surface area contributed by atoms with Gasteiger partial charge in [-0.3, -0.25) is 0 Å². The molecule has 0 spiro atoms. The Hall–Kier alpha value is -0.650. The van der Waals surface area contributed by atoms with E-state index in [1.165, 1.54) is 41.5 Å². The van der Waals surface area contributed by atoms with E-state index in [1.807, 2.05) is 11.3 Å². The van der Waals surface area contributed by atoms with E-state index in [0.29, 0.717) is 0 Å². The third kappa shape index (κ3) is 2.78. The summed E-state index contributed by atoms with van der Waals surface area (Å²) in [7, 11) is 1.74. The Morgan fingerprint density at radius 2 is 2.37 bits per heavy atom. The maximum absolute atomic E-state index is 5.05. The summed E-state index contributed by atoms with van der Waals surface area (Å²) < 4.78 is 5.05. The average molecular weight is 281 g/mol. The summed E-state index contributed by atoms with van der Waals surface area (Å²) >= 11 is 1.87. The minimum absolute atomic E-state index is 0.764. The molecule has 2 bridgehead atoms. The van der Waals surface area contributed by atoms with Crippen LogP contribution in [0.2, 0.25) is 0 Å². The average Bonchev–Trinajstić information content (AvgIpc) is 3.10. The lowest BCUT2D eigenvalue weighted by Crippen LogP contribution is -2.31. The van der Waals surface area contributed by atoms with Crippen molar-refractivity contribution in [3.63, 3.8) is 0 Å². The zero-order chi connectivity index (χ0) is 13.2. The SMILES string of the molecule is COCCNCc1sc(N2CC3CCC2C3)nc1C. The van der Waals surface area contributed by atoms with E-state index in [2.05, 4.69) is 17.1 Å². The van der Waals surface area contributed by atoms with Crippen LogP contribution < -0.4 is 10.2 Å². The minimum atomic E-state index is 0.764. The first-order chi connectivity index (χ1) is 9.28. The number of rotatable bonds is 6. The van der Waals surface area contributed by atoms with Gasteiger partial charge in [0.2, 0.25) is 0 Å². The van der Waals surface area contributed by atoms with Gasteiger partial charge in [-0.1, -0.05) is 0 Å². The van der Waals surface area contributed by atoms with Gasteiger partial charge in [-0.15, -0.1) is 11.3 Å². The third-order valence-corrected chi connectivity index (χ3v) is 5.50. The molecule has 2 fully saturated rings. The molecule has 0 amide bonds. The van der Waals surface area contributed by atoms with Crippen molar-refractivity contribution in [2.75, 3.05) is 31.7 Å². The number of aryl methyl sites for hydroxylation is 1. The molecule has 2 unspecified atom stereocenters. The summed E-state index contributed by atoms with van der Waals surface area (Å²) in [5, 5.41) is 4.65. The summed E-state index contributed by atoms with van der Waals surface area (Å²) in [5.41, 5.74) is 1.19. The van der Waals surface area contributed by atoms with Crippen molar-refractivity contribution in [1.82, 2.24) is 10.3 Å². The molecule has 4 nitrogen and oxygen atoms in total. The molecule has 1 saturated carbocycles. The molecular formula is C14H23N3OS. The van der Waals surface area contributed by atoms with Gasteiger partial charge in [-0.25, -0.2) is 4.98 Å². The molecule has 0 aromatic carbocycles. The molecule has 2 atom stereocenters. The second kappa shape index (κ2) is 5.77. The van der Waals surface area contributed by atoms with Crippen molar-refractivity contribution in [2.45, 2.75) is 38.8 Å². The number of anilines is 1. The predicted molar refractivity (Wildman–Crippen MR) is 78.9 cm³/mol. The topological polar surface area (TPSA) is 37.4 Å². The van der Waals surface area contributed by atoms with Crippen molar-refractivity contribution in [1.29, 1.82) is 0 Å². The summed E-state index contributed by atoms with van der Waals surface area (Å²) in [5.74, 6) is 0.928. The van der Waals surface area contributed by atoms with Crippen molar-refractivity contribution in [3.8, 4) is 0 Å². The fourth-order valence-corrected chi connectivity index (χ4v) is 4.35. The molecule has 1 aliphatic heterocycles. The molecule has 1 N–H and O–H groups in total. The number of hydrogen-bond acceptors (Lipinski definition) is 5. The van der Waals surface area contributed by atoms with Gasteiger partial charge in [-0.2, -0.15) is 0 Å². The molecule has 2 heterocycles. The Morgan fingerprint density at radius 1 is 1.47 bits per heavy atom. The van der Waals surface area contributed by atoms with Crippen LogP contribution in [0, 0.1) is 12.8 Å². The van der Waals surface area contributed by atoms with Crippen molar-refractivity contribution in [3.05, 3.63) is 10.6 Å². The van der Waals surface area contributed by atoms with Gasteiger partial charge in [0.05, 0.1) is 12.3 Å². The van der Waals surface area contributed by atoms with Crippen LogP contribution >= 0.6 is 11.3 Å². The molecule has 5 heteroatoms. The summed E-state index contributed by atoms with van der Waals surface area (Å²) in [6, 6.07) is 0.768. The fourth-order valence-electron chi connectivity index (χ4n) is 3.23. The lowest BCUT2D eigenvalue weighted by molar-refractivity contribution is 0.199. The Labute approximate surface area is 119 Å². The van der Waals surface area contributed by atoms with Crippen LogP contribution in [0.25, 0.3) is 0 Å². The lowest BCUT2D eigenvalue weighted by atomic mass is 10.1. The molecule has 1 aliphatic carbocycles. The van der Waals surface area contributed by atoms with Crippen molar-refractivity contribution >= 4 is 16.5 Å². The maximum atomic E-state index is 5.05. The van der Waals surface area contributed by atoms with E-state index in [0.717, 1.165) is 31.7 Å². The highest BCUT2D eigenvalue weighted by Gasteiger charge is 2.39. The lowest BCUT2D eigenvalue weighted by Gasteiger charge is -2.26. The van der Waals surface area contributed by atoms with E-state index < -0.39 is 0 Å². The Morgan fingerprint density at radius 3 is 3.05 bits per heavy atom. The highest BCUT2D eigenvalue weighted by atomic mass is 32.1. The van der Waals surface area contributed by atoms with Gasteiger partial charge in [0.25, 0.3) is 0 Å². The summed E-state index contributed by atoms with van der Waals surface area (Å²) in [6.45, 7) is 5.93. The van der Waals surface area contributed by atoms with E-state index in [1.54, 1.807) is 7.11 Å². The van der Waals surface area contributed by atoms with Crippen LogP contribution in [0.4, 0.5) is 5.13 Å². The first-order valence-corrected chi connectivity index (χ1v) is 8.02. The monoisotopic (exact) mass is 281 g/mol. The number of fused-ring (bicyclic) bond motifs is 2. The van der Waals surface area contributed by atoms with Crippen LogP contribution in [-0.2, 0) is 11.3 Å². The number of aromatic nitrogens is 1. The third-order valence-electron chi connectivity index (χ3n) is 4.30. The first-order valence-electron chi connectivity index (χ1n) is 7.20. The Bertz CT molecular complexity index is 434. The van der Waals surface area contributed by atoms with Crippen molar-refractivity contribution in [2.24, 2.45) is 5.92 Å². The van der Waals surface area contributed by atoms with Gasteiger partial charge in [0, 0.05) is 37.7 Å². The fraction of sp³-hybridized carbons (Fsp3) is 0.786. The summed E-state index contributed by atoms with van der Waals surface area (Å²) in [6.07, 6.45) is 4.18. The number of piperidine rings is 1. The maximum Gasteiger partial charge on any atom is 0.186 e. The highest BCUT2D eigenvalue weighted by molar-refractivity contribution is 7.15. The van der Waals surface area contributed by atoms with Crippen LogP contribution in [0.5, 0.6) is 0 Å². The van der Waals surface area contributed by atoms with E-state index >= 15 is 0 Å². The standard InChI is InChI=1S/C14H23N3OS/c1-10-13(8-15-5-6-18-2)19-14(16-10)17-9-11-3-4-12(17)7-11/h11-12,15H,3-9H2,1-2H3.